The second-order valence-corrected chi connectivity index (χ2v) is 18.1. The number of hydrogen-bond donors (Lipinski definition) is 1. The highest BCUT2D eigenvalue weighted by atomic mass is 16.3. The van der Waals surface area contributed by atoms with Crippen LogP contribution in [0.25, 0.3) is 83.9 Å². The Hall–Kier alpha value is -7.04. The summed E-state index contributed by atoms with van der Waals surface area (Å²) in [4.78, 5) is 9.89. The minimum atomic E-state index is -4.21. The average Bonchev–Trinajstić information content (AvgIpc) is 0.834. The Balaban J connectivity index is 1.42. The molecule has 0 saturated carbocycles. The number of imidazole rings is 1. The van der Waals surface area contributed by atoms with Crippen LogP contribution in [-0.4, -0.2) is 19.6 Å². The fraction of sp³-hybridized carbons (Fsp3) is 0.250. The molecule has 0 radical (unpaired) electrons. The van der Waals surface area contributed by atoms with Crippen LogP contribution in [0.15, 0.2) is 170 Å². The fourth-order valence-electron chi connectivity index (χ4n) is 8.65. The lowest BCUT2D eigenvalue weighted by Crippen LogP contribution is -2.17. The van der Waals surface area contributed by atoms with Crippen molar-refractivity contribution in [2.75, 3.05) is 0 Å². The number of pyridine rings is 1. The molecule has 9 aromatic rings. The van der Waals surface area contributed by atoms with Crippen molar-refractivity contribution < 1.29 is 42.1 Å². The topological polar surface area (TPSA) is 50.9 Å². The van der Waals surface area contributed by atoms with E-state index in [1.54, 1.807) is 66.7 Å². The number of para-hydroxylation sites is 1. The highest BCUT2D eigenvalue weighted by Crippen LogP contribution is 2.46. The molecule has 0 aliphatic heterocycles. The molecule has 2 heterocycles. The maximum absolute atomic E-state index is 13.1. The van der Waals surface area contributed by atoms with E-state index in [1.165, 1.54) is 22.9 Å². The monoisotopic (exact) mass is 919 g/mol. The van der Waals surface area contributed by atoms with E-state index in [0.29, 0.717) is 56.3 Å². The highest BCUT2D eigenvalue weighted by molar-refractivity contribution is 5.98. The normalized spacial score (nSPS) is 20.0. The molecule has 2 aromatic heterocycles. The fourth-order valence-corrected chi connectivity index (χ4v) is 8.65. The van der Waals surface area contributed by atoms with Crippen LogP contribution in [0.4, 0.5) is 0 Å². The van der Waals surface area contributed by atoms with Gasteiger partial charge >= 0.3 is 0 Å². The Bertz CT molecular complexity index is 4220. The van der Waals surface area contributed by atoms with E-state index in [9.17, 15) is 5.11 Å². The van der Waals surface area contributed by atoms with Gasteiger partial charge in [0, 0.05) is 65.6 Å². The third-order valence-electron chi connectivity index (χ3n) is 12.1. The van der Waals surface area contributed by atoms with Gasteiger partial charge in [-0.15, -0.1) is 0 Å². The van der Waals surface area contributed by atoms with Crippen molar-refractivity contribution in [2.45, 2.75) is 104 Å². The van der Waals surface area contributed by atoms with Crippen molar-refractivity contribution in [2.24, 2.45) is 0 Å². The number of benzene rings is 7. The molecular weight excluding hydrogens is 827 g/mol. The van der Waals surface area contributed by atoms with Crippen LogP contribution in [-0.2, 0) is 21.7 Å². The van der Waals surface area contributed by atoms with Crippen molar-refractivity contribution in [3.8, 4) is 78.6 Å². The van der Waals surface area contributed by atoms with E-state index in [2.05, 4.69) is 0 Å². The van der Waals surface area contributed by atoms with Crippen molar-refractivity contribution in [3.63, 3.8) is 0 Å². The molecule has 0 aliphatic carbocycles. The molecule has 0 bridgehead atoms. The third kappa shape index (κ3) is 9.05. The summed E-state index contributed by atoms with van der Waals surface area (Å²) < 4.78 is 234. The first-order chi connectivity index (χ1) is 43.4. The lowest BCUT2D eigenvalue weighted by Gasteiger charge is -2.28. The van der Waals surface area contributed by atoms with Crippen molar-refractivity contribution >= 4 is 11.0 Å². The Morgan fingerprint density at radius 2 is 1.07 bits per heavy atom. The minimum absolute atomic E-state index is 0.0564. The van der Waals surface area contributed by atoms with Gasteiger partial charge in [0.15, 0.2) is 0 Å². The molecule has 0 fully saturated rings. The van der Waals surface area contributed by atoms with Crippen molar-refractivity contribution in [3.05, 3.63) is 192 Å². The average molecular weight is 919 g/mol. The SMILES string of the molecule is [2H]C([2H])([2H])C(c1ccc(-c2ccnc(-c3cc(-c4ccccc4)cc(-c4cccc5c4nc(-c4cc(C(C([2H])([2H])[2H])(C([2H])([2H])[2H])C([2H])([2H])[2H])cc(C(C([2H])([2H])[2H])(C([2H])([2H])[2H])C([2H])([2H])[2H])c4O)n5-c4ccc(-c5ccccc5)c(C(C)(C)C)c4)c3)c2)cc1)(C([2H])([2H])[2H])C([2H])([2H])[2H]. The van der Waals surface area contributed by atoms with E-state index in [-0.39, 0.29) is 22.8 Å². The molecule has 4 heteroatoms. The smallest absolute Gasteiger partial charge is 0.149 e. The molecular formula is C64H65N3O. The van der Waals surface area contributed by atoms with Gasteiger partial charge < -0.3 is 5.11 Å². The van der Waals surface area contributed by atoms with E-state index in [4.69, 9.17) is 47.0 Å². The Morgan fingerprint density at radius 3 is 1.75 bits per heavy atom. The second kappa shape index (κ2) is 17.2. The maximum atomic E-state index is 13.1. The van der Waals surface area contributed by atoms with Gasteiger partial charge in [0.1, 0.15) is 11.6 Å². The maximum Gasteiger partial charge on any atom is 0.149 e. The summed E-state index contributed by atoms with van der Waals surface area (Å²) in [6, 6.07) is 43.4. The zero-order valence-corrected chi connectivity index (χ0v) is 37.5. The molecule has 1 N–H and O–H groups in total. The number of nitrogens with zero attached hydrogens (tertiary/aromatic N) is 3. The van der Waals surface area contributed by atoms with Crippen LogP contribution >= 0.6 is 0 Å². The molecule has 4 nitrogen and oxygen atoms in total. The zero-order valence-electron chi connectivity index (χ0n) is 64.5. The van der Waals surface area contributed by atoms with Crippen molar-refractivity contribution in [1.82, 2.24) is 14.5 Å². The number of aromatic hydroxyl groups is 1. The quantitative estimate of drug-likeness (QED) is 0.173. The number of hydrogen-bond acceptors (Lipinski definition) is 3. The molecule has 0 spiro atoms. The van der Waals surface area contributed by atoms with Gasteiger partial charge in [0.2, 0.25) is 0 Å². The molecule has 0 amide bonds. The van der Waals surface area contributed by atoms with Gasteiger partial charge in [-0.05, 0) is 132 Å². The van der Waals surface area contributed by atoms with E-state index in [1.807, 2.05) is 81.4 Å². The third-order valence-corrected chi connectivity index (χ3v) is 12.1. The molecule has 0 atom stereocenters. The van der Waals surface area contributed by atoms with E-state index in [0.717, 1.165) is 23.3 Å². The second-order valence-electron chi connectivity index (χ2n) is 18.1. The number of aromatic nitrogens is 3. The number of phenolic OH excluding ortho intramolecular Hbond substituents is 1. The lowest BCUT2D eigenvalue weighted by atomic mass is 9.78. The molecule has 68 heavy (non-hydrogen) atoms. The Morgan fingerprint density at radius 1 is 0.441 bits per heavy atom. The van der Waals surface area contributed by atoms with Crippen LogP contribution in [0.5, 0.6) is 5.75 Å². The Labute approximate surface area is 442 Å². The molecule has 0 aliphatic rings. The van der Waals surface area contributed by atoms with Crippen LogP contribution in [0.3, 0.4) is 0 Å². The van der Waals surface area contributed by atoms with Gasteiger partial charge in [0.25, 0.3) is 0 Å². The summed E-state index contributed by atoms with van der Waals surface area (Å²) in [5.41, 5.74) is -9.89. The Kier molecular flexibility index (Phi) is 6.03. The first-order valence-electron chi connectivity index (χ1n) is 35.3. The van der Waals surface area contributed by atoms with Gasteiger partial charge in [0.05, 0.1) is 22.3 Å². The van der Waals surface area contributed by atoms with Gasteiger partial charge in [-0.1, -0.05) is 192 Å². The summed E-state index contributed by atoms with van der Waals surface area (Å²) in [5, 5.41) is 13.1. The summed E-state index contributed by atoms with van der Waals surface area (Å²) in [7, 11) is 0. The molecule has 9 rings (SSSR count). The lowest BCUT2D eigenvalue weighted by molar-refractivity contribution is 0.446. The first-order valence-corrected chi connectivity index (χ1v) is 21.8. The van der Waals surface area contributed by atoms with E-state index < -0.39 is 117 Å². The predicted molar refractivity (Wildman–Crippen MR) is 288 cm³/mol. The van der Waals surface area contributed by atoms with Crippen LogP contribution in [0, 0.1) is 0 Å². The van der Waals surface area contributed by atoms with Crippen LogP contribution in [0.2, 0.25) is 0 Å². The molecule has 0 unspecified atom stereocenters. The van der Waals surface area contributed by atoms with Gasteiger partial charge in [-0.2, -0.15) is 0 Å². The zero-order chi connectivity index (χ0) is 70.8. The highest BCUT2D eigenvalue weighted by Gasteiger charge is 2.30. The van der Waals surface area contributed by atoms with E-state index >= 15 is 0 Å². The summed E-state index contributed by atoms with van der Waals surface area (Å²) in [5.74, 6) is -1.93. The van der Waals surface area contributed by atoms with Crippen LogP contribution < -0.4 is 0 Å². The van der Waals surface area contributed by atoms with Gasteiger partial charge in [-0.3, -0.25) is 9.55 Å². The first kappa shape index (κ1) is 23.8. The van der Waals surface area contributed by atoms with Crippen molar-refractivity contribution in [1.29, 1.82) is 0 Å². The number of fused-ring (bicyclic) bond motifs is 1. The number of phenols is 1. The summed E-state index contributed by atoms with van der Waals surface area (Å²) >= 11 is 0. The predicted octanol–water partition coefficient (Wildman–Crippen LogP) is 17.3. The summed E-state index contributed by atoms with van der Waals surface area (Å²) in [6.07, 6.45) is 1.49. The standard InChI is InChI=1S/C64H65N3O/c1-61(2,3)48-28-26-42(27-29-48)44-32-33-65-56(37-44)47-35-45(41-20-15-13-16-21-41)34-46(36-47)52-24-19-25-57-58(52)66-60(53-38-49(62(4,5)6)39-55(59(53)68)64(10,11)12)67(57)50-30-31-51(43-22-17-14-18-23-43)54(40-50)63(7,8)9/h13-40,68H,1-12H3/i1D3,2D3,3D3,4D3,5D3,6D3,10D3,11D3,12D3. The largest absolute Gasteiger partial charge is 0.507 e. The molecule has 7 aromatic carbocycles. The minimum Gasteiger partial charge on any atom is -0.507 e. The molecule has 0 saturated heterocycles. The summed E-state index contributed by atoms with van der Waals surface area (Å²) in [6.45, 7) is -29.6. The van der Waals surface area contributed by atoms with Gasteiger partial charge in [-0.25, -0.2) is 4.98 Å². The van der Waals surface area contributed by atoms with Crippen LogP contribution in [0.1, 0.15) is 142 Å². The molecule has 342 valence electrons. The number of rotatable bonds is 7.